The zero-order chi connectivity index (χ0) is 23.5. The quantitative estimate of drug-likeness (QED) is 0.523. The van der Waals surface area contributed by atoms with Crippen molar-refractivity contribution in [3.05, 3.63) is 77.1 Å². The second-order valence-electron chi connectivity index (χ2n) is 9.58. The molecule has 2 bridgehead atoms. The van der Waals surface area contributed by atoms with Gasteiger partial charge >= 0.3 is 0 Å². The molecule has 3 saturated carbocycles. The Morgan fingerprint density at radius 1 is 1.09 bits per heavy atom. The number of rotatable bonds is 5. The van der Waals surface area contributed by atoms with Crippen molar-refractivity contribution in [1.82, 2.24) is 20.4 Å². The molecule has 2 aromatic carbocycles. The summed E-state index contributed by atoms with van der Waals surface area (Å²) in [6.45, 7) is 0. The molecule has 1 aromatic heterocycles. The number of benzene rings is 2. The topological polar surface area (TPSA) is 105 Å². The summed E-state index contributed by atoms with van der Waals surface area (Å²) in [4.78, 5) is 25.6. The van der Waals surface area contributed by atoms with Gasteiger partial charge in [0, 0.05) is 34.3 Å². The number of amides is 2. The summed E-state index contributed by atoms with van der Waals surface area (Å²) < 4.78 is 7.50. The number of nitrogens with one attached hydrogen (secondary N) is 2. The van der Waals surface area contributed by atoms with Crippen molar-refractivity contribution in [2.45, 2.75) is 49.0 Å². The zero-order valence-electron chi connectivity index (χ0n) is 18.2. The highest BCUT2D eigenvalue weighted by atomic mass is 35.5. The summed E-state index contributed by atoms with van der Waals surface area (Å²) in [6.07, 6.45) is 3.87. The summed E-state index contributed by atoms with van der Waals surface area (Å²) in [6, 6.07) is 14.6. The van der Waals surface area contributed by atoms with Gasteiger partial charge in [-0.25, -0.2) is 4.68 Å². The van der Waals surface area contributed by atoms with E-state index in [4.69, 9.17) is 16.3 Å². The van der Waals surface area contributed by atoms with Gasteiger partial charge in [0.1, 0.15) is 5.75 Å². The maximum absolute atomic E-state index is 12.9. The Morgan fingerprint density at radius 2 is 1.82 bits per heavy atom. The molecule has 2 atom stereocenters. The fraction of sp³-hybridized carbons (Fsp3) is 0.320. The van der Waals surface area contributed by atoms with E-state index in [1.54, 1.807) is 35.3 Å². The predicted octanol–water partition coefficient (Wildman–Crippen LogP) is 2.93. The van der Waals surface area contributed by atoms with Crippen molar-refractivity contribution in [2.24, 2.45) is 0 Å². The number of aliphatic hydroxyl groups excluding tert-OH is 1. The number of para-hydroxylation sites is 1. The lowest BCUT2D eigenvalue weighted by molar-refractivity contribution is -0.147. The molecular weight excluding hydrogens is 456 g/mol. The van der Waals surface area contributed by atoms with E-state index in [1.165, 1.54) is 0 Å². The molecule has 174 valence electrons. The third-order valence-electron chi connectivity index (χ3n) is 6.99. The molecule has 0 spiro atoms. The molecule has 4 aliphatic rings. The molecule has 1 aliphatic heterocycles. The molecule has 0 unspecified atom stereocenters. The molecule has 8 nitrogen and oxygen atoms in total. The van der Waals surface area contributed by atoms with E-state index in [1.807, 2.05) is 30.3 Å². The number of halogens is 1. The highest BCUT2D eigenvalue weighted by Gasteiger charge is 2.69. The third kappa shape index (κ3) is 3.54. The minimum absolute atomic E-state index is 0.169. The number of nitrogens with zero attached hydrogens (tertiary/aromatic N) is 2. The first-order valence-electron chi connectivity index (χ1n) is 11.2. The molecular formula is C25H23ClN4O4. The maximum Gasteiger partial charge on any atom is 0.261 e. The molecule has 3 fully saturated rings. The van der Waals surface area contributed by atoms with Crippen LogP contribution in [0.3, 0.4) is 0 Å². The van der Waals surface area contributed by atoms with Crippen molar-refractivity contribution in [3.63, 3.8) is 0 Å². The van der Waals surface area contributed by atoms with Gasteiger partial charge in [-0.3, -0.25) is 9.59 Å². The van der Waals surface area contributed by atoms with Crippen LogP contribution in [-0.2, 0) is 4.79 Å². The molecule has 0 saturated heterocycles. The van der Waals surface area contributed by atoms with Crippen molar-refractivity contribution in [1.29, 1.82) is 0 Å². The van der Waals surface area contributed by atoms with E-state index in [-0.39, 0.29) is 29.3 Å². The Balaban J connectivity index is 1.04. The van der Waals surface area contributed by atoms with Gasteiger partial charge in [0.25, 0.3) is 11.8 Å². The van der Waals surface area contributed by atoms with E-state index in [0.29, 0.717) is 41.2 Å². The summed E-state index contributed by atoms with van der Waals surface area (Å²) in [7, 11) is 0. The van der Waals surface area contributed by atoms with Gasteiger partial charge in [0.15, 0.2) is 6.10 Å². The zero-order valence-corrected chi connectivity index (χ0v) is 19.0. The van der Waals surface area contributed by atoms with Crippen LogP contribution in [0.25, 0.3) is 5.69 Å². The molecule has 9 heteroatoms. The number of hydrogen-bond donors (Lipinski definition) is 3. The third-order valence-corrected chi connectivity index (χ3v) is 7.23. The molecule has 7 rings (SSSR count). The molecule has 34 heavy (non-hydrogen) atoms. The highest BCUT2D eigenvalue weighted by Crippen LogP contribution is 2.60. The van der Waals surface area contributed by atoms with Gasteiger partial charge < -0.3 is 20.5 Å². The molecule has 3 aliphatic carbocycles. The lowest BCUT2D eigenvalue weighted by atomic mass is 9.44. The highest BCUT2D eigenvalue weighted by molar-refractivity contribution is 6.30. The van der Waals surface area contributed by atoms with Crippen LogP contribution in [0.1, 0.15) is 47.7 Å². The number of aliphatic hydroxyl groups is 1. The summed E-state index contributed by atoms with van der Waals surface area (Å²) in [5.41, 5.74) is 1.35. The van der Waals surface area contributed by atoms with Crippen molar-refractivity contribution < 1.29 is 19.4 Å². The van der Waals surface area contributed by atoms with Crippen LogP contribution in [0.4, 0.5) is 0 Å². The number of aromatic nitrogens is 2. The SMILES string of the molecule is O=C(NC12CC(NC(=O)[C@H]3C[C@@H](O)c4cc(Cl)ccc4O3)(C1)C2)c1cnn(-c2ccccc2)c1. The fourth-order valence-electron chi connectivity index (χ4n) is 5.45. The van der Waals surface area contributed by atoms with Gasteiger partial charge in [0.05, 0.1) is 23.6 Å². The van der Waals surface area contributed by atoms with Gasteiger partial charge in [-0.05, 0) is 49.6 Å². The van der Waals surface area contributed by atoms with Crippen LogP contribution in [-0.4, -0.2) is 43.9 Å². The average molecular weight is 479 g/mol. The summed E-state index contributed by atoms with van der Waals surface area (Å²) in [5.74, 6) is 0.0555. The Morgan fingerprint density at radius 3 is 2.59 bits per heavy atom. The van der Waals surface area contributed by atoms with E-state index in [9.17, 15) is 14.7 Å². The van der Waals surface area contributed by atoms with Gasteiger partial charge in [-0.15, -0.1) is 0 Å². The molecule has 3 N–H and O–H groups in total. The Bertz CT molecular complexity index is 1270. The lowest BCUT2D eigenvalue weighted by Crippen LogP contribution is -2.84. The van der Waals surface area contributed by atoms with Crippen LogP contribution < -0.4 is 15.4 Å². The number of hydrogen-bond acceptors (Lipinski definition) is 5. The number of fused-ring (bicyclic) bond motifs is 1. The van der Waals surface area contributed by atoms with Gasteiger partial charge in [0.2, 0.25) is 0 Å². The van der Waals surface area contributed by atoms with Crippen LogP contribution >= 0.6 is 11.6 Å². The summed E-state index contributed by atoms with van der Waals surface area (Å²) >= 11 is 6.00. The smallest absolute Gasteiger partial charge is 0.261 e. The second kappa shape index (κ2) is 7.58. The minimum Gasteiger partial charge on any atom is -0.480 e. The largest absolute Gasteiger partial charge is 0.480 e. The van der Waals surface area contributed by atoms with Crippen LogP contribution in [0.2, 0.25) is 5.02 Å². The van der Waals surface area contributed by atoms with E-state index < -0.39 is 12.2 Å². The van der Waals surface area contributed by atoms with Gasteiger partial charge in [-0.2, -0.15) is 5.10 Å². The fourth-order valence-corrected chi connectivity index (χ4v) is 5.63. The molecule has 2 amide bonds. The Kier molecular flexibility index (Phi) is 4.72. The van der Waals surface area contributed by atoms with Crippen molar-refractivity contribution >= 4 is 23.4 Å². The summed E-state index contributed by atoms with van der Waals surface area (Å²) in [5, 5.41) is 21.4. The van der Waals surface area contributed by atoms with Crippen LogP contribution in [0, 0.1) is 0 Å². The number of carbonyl (C=O) groups excluding carboxylic acids is 2. The molecule has 3 aromatic rings. The molecule has 2 heterocycles. The standard InChI is InChI=1S/C25H23ClN4O4/c26-16-6-7-20-18(8-16)19(31)9-21(34-20)23(33)29-25-12-24(13-25,14-25)28-22(32)15-10-27-30(11-15)17-4-2-1-3-5-17/h1-8,10-11,19,21,31H,9,12-14H2,(H,28,32)(H,29,33)/t19-,21-,24?,25?/m1/s1. The first-order valence-corrected chi connectivity index (χ1v) is 11.6. The first kappa shape index (κ1) is 21.2. The number of carbonyl (C=O) groups is 2. The monoisotopic (exact) mass is 478 g/mol. The normalized spacial score (nSPS) is 28.5. The number of ether oxygens (including phenoxy) is 1. The van der Waals surface area contributed by atoms with E-state index >= 15 is 0 Å². The van der Waals surface area contributed by atoms with E-state index in [2.05, 4.69) is 15.7 Å². The minimum atomic E-state index is -0.811. The Labute approximate surface area is 200 Å². The Hall–Kier alpha value is -3.36. The van der Waals surface area contributed by atoms with Crippen molar-refractivity contribution in [3.8, 4) is 11.4 Å². The first-order chi connectivity index (χ1) is 16.3. The molecule has 0 radical (unpaired) electrons. The van der Waals surface area contributed by atoms with Crippen molar-refractivity contribution in [2.75, 3.05) is 0 Å². The van der Waals surface area contributed by atoms with Crippen LogP contribution in [0.5, 0.6) is 5.75 Å². The van der Waals surface area contributed by atoms with E-state index in [0.717, 1.165) is 5.69 Å². The average Bonchev–Trinajstić information content (AvgIpc) is 3.28. The predicted molar refractivity (Wildman–Crippen MR) is 124 cm³/mol. The lowest BCUT2D eigenvalue weighted by Gasteiger charge is -2.70. The maximum atomic E-state index is 12.9. The second-order valence-corrected chi connectivity index (χ2v) is 10.0. The van der Waals surface area contributed by atoms with Gasteiger partial charge in [-0.1, -0.05) is 29.8 Å². The van der Waals surface area contributed by atoms with Crippen LogP contribution in [0.15, 0.2) is 60.9 Å².